The molecular formula is C29H36ClFN6O2. The largest absolute Gasteiger partial charge is 0.396 e. The number of piperidine rings is 1. The summed E-state index contributed by atoms with van der Waals surface area (Å²) in [6, 6.07) is 6.91. The van der Waals surface area contributed by atoms with E-state index in [1.54, 1.807) is 0 Å². The molecule has 0 saturated carbocycles. The highest BCUT2D eigenvalue weighted by Crippen LogP contribution is 2.32. The van der Waals surface area contributed by atoms with Gasteiger partial charge in [0.2, 0.25) is 5.91 Å². The average molecular weight is 555 g/mol. The molecule has 0 aromatic heterocycles. The van der Waals surface area contributed by atoms with Crippen LogP contribution in [0.1, 0.15) is 34.3 Å². The molecule has 2 aliphatic heterocycles. The number of nitrogens with two attached hydrogens (primary N) is 1. The van der Waals surface area contributed by atoms with Gasteiger partial charge in [-0.2, -0.15) is 0 Å². The number of benzene rings is 2. The first-order chi connectivity index (χ1) is 18.6. The number of hydrogen-bond donors (Lipinski definition) is 3. The van der Waals surface area contributed by atoms with Gasteiger partial charge in [0, 0.05) is 43.2 Å². The third kappa shape index (κ3) is 7.01. The molecular weight excluding hydrogens is 519 g/mol. The number of nitrogens with zero attached hydrogens (tertiary/aromatic N) is 3. The van der Waals surface area contributed by atoms with Crippen LogP contribution in [-0.2, 0) is 4.79 Å². The van der Waals surface area contributed by atoms with Crippen LogP contribution in [0.2, 0.25) is 5.02 Å². The number of rotatable bonds is 5. The predicted molar refractivity (Wildman–Crippen MR) is 155 cm³/mol. The van der Waals surface area contributed by atoms with E-state index in [1.807, 2.05) is 18.2 Å². The van der Waals surface area contributed by atoms with Gasteiger partial charge in [0.25, 0.3) is 5.91 Å². The molecule has 8 nitrogen and oxygen atoms in total. The molecule has 0 unspecified atom stereocenters. The number of likely N-dealkylation sites (tertiary alicyclic amines) is 1. The number of amides is 2. The van der Waals surface area contributed by atoms with Gasteiger partial charge < -0.3 is 31.1 Å². The van der Waals surface area contributed by atoms with E-state index >= 15 is 0 Å². The molecule has 0 atom stereocenters. The summed E-state index contributed by atoms with van der Waals surface area (Å²) in [5.74, 6) is 5.07. The van der Waals surface area contributed by atoms with Gasteiger partial charge in [0.1, 0.15) is 0 Å². The highest BCUT2D eigenvalue weighted by atomic mass is 35.5. The van der Waals surface area contributed by atoms with Crippen molar-refractivity contribution in [3.63, 3.8) is 0 Å². The van der Waals surface area contributed by atoms with E-state index in [-0.39, 0.29) is 40.2 Å². The zero-order valence-corrected chi connectivity index (χ0v) is 23.5. The molecule has 10 heteroatoms. The molecule has 4 N–H and O–H groups in total. The Balaban J connectivity index is 1.52. The van der Waals surface area contributed by atoms with Crippen LogP contribution in [0.15, 0.2) is 24.3 Å². The van der Waals surface area contributed by atoms with E-state index in [2.05, 4.69) is 51.3 Å². The van der Waals surface area contributed by atoms with Gasteiger partial charge in [-0.3, -0.25) is 9.59 Å². The maximum atomic E-state index is 14.2. The number of carbonyl (C=O) groups excluding carboxylic acids is 2. The van der Waals surface area contributed by atoms with Crippen LogP contribution in [0.25, 0.3) is 0 Å². The number of hydrogen-bond acceptors (Lipinski definition) is 6. The minimum absolute atomic E-state index is 0.0247. The van der Waals surface area contributed by atoms with Crippen molar-refractivity contribution in [3.05, 3.63) is 51.8 Å². The number of nitrogen functional groups attached to an aromatic ring is 1. The molecule has 2 amide bonds. The van der Waals surface area contributed by atoms with Gasteiger partial charge in [-0.25, -0.2) is 4.39 Å². The summed E-state index contributed by atoms with van der Waals surface area (Å²) < 4.78 is 14.2. The van der Waals surface area contributed by atoms with Crippen LogP contribution >= 0.6 is 11.6 Å². The number of halogens is 2. The third-order valence-corrected chi connectivity index (χ3v) is 7.94. The molecule has 0 spiro atoms. The van der Waals surface area contributed by atoms with Crippen molar-refractivity contribution >= 4 is 40.5 Å². The fourth-order valence-corrected chi connectivity index (χ4v) is 5.10. The van der Waals surface area contributed by atoms with Gasteiger partial charge in [0.15, 0.2) is 5.82 Å². The van der Waals surface area contributed by atoms with Crippen LogP contribution in [0, 0.1) is 30.5 Å². The highest BCUT2D eigenvalue weighted by Gasteiger charge is 2.23. The summed E-state index contributed by atoms with van der Waals surface area (Å²) >= 11 is 6.31. The topological polar surface area (TPSA) is 93.9 Å². The summed E-state index contributed by atoms with van der Waals surface area (Å²) in [7, 11) is 4.14. The zero-order chi connectivity index (χ0) is 28.1. The van der Waals surface area contributed by atoms with Gasteiger partial charge in [0.05, 0.1) is 34.2 Å². The Morgan fingerprint density at radius 1 is 1.08 bits per heavy atom. The minimum atomic E-state index is -0.630. The van der Waals surface area contributed by atoms with Gasteiger partial charge in [-0.05, 0) is 71.2 Å². The van der Waals surface area contributed by atoms with E-state index in [9.17, 15) is 14.0 Å². The number of carbonyl (C=O) groups is 2. The van der Waals surface area contributed by atoms with E-state index < -0.39 is 11.7 Å². The van der Waals surface area contributed by atoms with Gasteiger partial charge >= 0.3 is 0 Å². The number of anilines is 3. The second-order valence-electron chi connectivity index (χ2n) is 10.3. The maximum absolute atomic E-state index is 14.2. The molecule has 2 aliphatic rings. The van der Waals surface area contributed by atoms with Crippen LogP contribution in [0.5, 0.6) is 0 Å². The third-order valence-electron chi connectivity index (χ3n) is 7.45. The summed E-state index contributed by atoms with van der Waals surface area (Å²) in [5.41, 5.74) is 7.99. The van der Waals surface area contributed by atoms with E-state index in [0.29, 0.717) is 11.3 Å². The smallest absolute Gasteiger partial charge is 0.257 e. The zero-order valence-electron chi connectivity index (χ0n) is 22.7. The Morgan fingerprint density at radius 3 is 2.44 bits per heavy atom. The summed E-state index contributed by atoms with van der Waals surface area (Å²) in [4.78, 5) is 32.4. The molecule has 2 fully saturated rings. The standard InChI is InChI=1S/C29H36ClFN6O2/c1-19-26(30)22(18-23(32)27(19)31)29(39)34-24-17-20(6-7-25(24)37-15-13-36(3)14-16-37)5-4-10-33-28(38)21-8-11-35(2)12-9-21/h6-7,17-18,21H,8-16,32H2,1-3H3,(H,33,38)(H,34,39). The quantitative estimate of drug-likeness (QED) is 0.388. The SMILES string of the molecule is Cc1c(F)c(N)cc(C(=O)Nc2cc(C#CCNC(=O)C3CCN(C)CC3)ccc2N2CCN(C)CC2)c1Cl. The Labute approximate surface area is 234 Å². The summed E-state index contributed by atoms with van der Waals surface area (Å²) in [6.07, 6.45) is 1.71. The number of likely N-dealkylation sites (N-methyl/N-ethyl adjacent to an activating group) is 1. The van der Waals surface area contributed by atoms with E-state index in [4.69, 9.17) is 17.3 Å². The first-order valence-corrected chi connectivity index (χ1v) is 13.6. The molecule has 2 aromatic carbocycles. The Kier molecular flexibility index (Phi) is 9.33. The van der Waals surface area contributed by atoms with E-state index in [0.717, 1.165) is 57.8 Å². The van der Waals surface area contributed by atoms with Crippen molar-refractivity contribution in [1.29, 1.82) is 0 Å². The van der Waals surface area contributed by atoms with E-state index in [1.165, 1.54) is 13.0 Å². The van der Waals surface area contributed by atoms with Crippen LogP contribution in [0.3, 0.4) is 0 Å². The Morgan fingerprint density at radius 2 is 1.74 bits per heavy atom. The Hall–Kier alpha value is -3.32. The molecule has 2 saturated heterocycles. The van der Waals surface area contributed by atoms with Gasteiger partial charge in [-0.1, -0.05) is 23.4 Å². The van der Waals surface area contributed by atoms with Crippen LogP contribution in [0.4, 0.5) is 21.5 Å². The molecule has 2 heterocycles. The lowest BCUT2D eigenvalue weighted by Crippen LogP contribution is -2.44. The molecule has 0 bridgehead atoms. The van der Waals surface area contributed by atoms with Crippen molar-refractivity contribution < 1.29 is 14.0 Å². The normalized spacial score (nSPS) is 16.9. The van der Waals surface area contributed by atoms with Crippen molar-refractivity contribution in [2.75, 3.05) is 75.9 Å². The summed E-state index contributed by atoms with van der Waals surface area (Å²) in [6.45, 7) is 6.98. The predicted octanol–water partition coefficient (Wildman–Crippen LogP) is 3.18. The molecule has 2 aromatic rings. The van der Waals surface area contributed by atoms with Crippen molar-refractivity contribution in [2.24, 2.45) is 5.92 Å². The minimum Gasteiger partial charge on any atom is -0.396 e. The second-order valence-corrected chi connectivity index (χ2v) is 10.7. The lowest BCUT2D eigenvalue weighted by molar-refractivity contribution is -0.126. The lowest BCUT2D eigenvalue weighted by Gasteiger charge is -2.35. The molecule has 4 rings (SSSR count). The summed E-state index contributed by atoms with van der Waals surface area (Å²) in [5, 5.41) is 5.90. The van der Waals surface area contributed by atoms with Crippen molar-refractivity contribution in [1.82, 2.24) is 15.1 Å². The monoisotopic (exact) mass is 554 g/mol. The van der Waals surface area contributed by atoms with Crippen LogP contribution < -0.4 is 21.3 Å². The fraction of sp³-hybridized carbons (Fsp3) is 0.448. The fourth-order valence-electron chi connectivity index (χ4n) is 4.88. The first kappa shape index (κ1) is 28.7. The van der Waals surface area contributed by atoms with Gasteiger partial charge in [-0.15, -0.1) is 0 Å². The molecule has 39 heavy (non-hydrogen) atoms. The van der Waals surface area contributed by atoms with Crippen LogP contribution in [-0.4, -0.2) is 81.5 Å². The molecule has 0 radical (unpaired) electrons. The molecule has 0 aliphatic carbocycles. The van der Waals surface area contributed by atoms with Crippen molar-refractivity contribution in [2.45, 2.75) is 19.8 Å². The number of piperazine rings is 1. The Bertz CT molecular complexity index is 1290. The molecule has 208 valence electrons. The highest BCUT2D eigenvalue weighted by molar-refractivity contribution is 6.35. The first-order valence-electron chi connectivity index (χ1n) is 13.2. The lowest BCUT2D eigenvalue weighted by atomic mass is 9.96. The number of nitrogens with one attached hydrogen (secondary N) is 2. The maximum Gasteiger partial charge on any atom is 0.257 e. The second kappa shape index (κ2) is 12.7. The van der Waals surface area contributed by atoms with Crippen molar-refractivity contribution in [3.8, 4) is 11.8 Å². The average Bonchev–Trinajstić information content (AvgIpc) is 2.93.